The van der Waals surface area contributed by atoms with Crippen molar-refractivity contribution in [3.8, 4) is 0 Å². The molecule has 0 spiro atoms. The van der Waals surface area contributed by atoms with Crippen molar-refractivity contribution in [1.29, 1.82) is 0 Å². The molecule has 1 aliphatic heterocycles. The van der Waals surface area contributed by atoms with Crippen LogP contribution in [0.25, 0.3) is 0 Å². The van der Waals surface area contributed by atoms with E-state index in [2.05, 4.69) is 37.0 Å². The monoisotopic (exact) mass is 284 g/mol. The summed E-state index contributed by atoms with van der Waals surface area (Å²) in [7, 11) is 2.12. The van der Waals surface area contributed by atoms with Crippen LogP contribution < -0.4 is 4.90 Å². The summed E-state index contributed by atoms with van der Waals surface area (Å²) in [6, 6.07) is 4.55. The zero-order valence-corrected chi connectivity index (χ0v) is 12.3. The Kier molecular flexibility index (Phi) is 4.35. The van der Waals surface area contributed by atoms with Gasteiger partial charge in [-0.25, -0.2) is 9.97 Å². The third-order valence-electron chi connectivity index (χ3n) is 4.08. The molecule has 2 aromatic heterocycles. The Labute approximate surface area is 124 Å². The highest BCUT2D eigenvalue weighted by Crippen LogP contribution is 2.20. The fourth-order valence-corrected chi connectivity index (χ4v) is 2.81. The van der Waals surface area contributed by atoms with Gasteiger partial charge in [0.15, 0.2) is 0 Å². The molecule has 6 heteroatoms. The number of aromatic nitrogens is 4. The number of anilines is 1. The lowest BCUT2D eigenvalue weighted by Crippen LogP contribution is -2.43. The van der Waals surface area contributed by atoms with Gasteiger partial charge >= 0.3 is 0 Å². The molecule has 0 amide bonds. The maximum Gasteiger partial charge on any atom is 0.131 e. The van der Waals surface area contributed by atoms with Crippen LogP contribution in [0.3, 0.4) is 0 Å². The van der Waals surface area contributed by atoms with Gasteiger partial charge in [-0.1, -0.05) is 0 Å². The van der Waals surface area contributed by atoms with E-state index in [1.165, 1.54) is 5.56 Å². The van der Waals surface area contributed by atoms with Crippen LogP contribution in [-0.4, -0.2) is 51.2 Å². The molecule has 1 fully saturated rings. The van der Waals surface area contributed by atoms with E-state index >= 15 is 0 Å². The lowest BCUT2D eigenvalue weighted by Gasteiger charge is -2.37. The van der Waals surface area contributed by atoms with Gasteiger partial charge in [0.2, 0.25) is 0 Å². The molecule has 0 radical (unpaired) electrons. The van der Waals surface area contributed by atoms with E-state index in [9.17, 15) is 0 Å². The van der Waals surface area contributed by atoms with Crippen molar-refractivity contribution in [2.45, 2.75) is 25.4 Å². The van der Waals surface area contributed by atoms with E-state index in [1.807, 2.05) is 18.3 Å². The van der Waals surface area contributed by atoms with Gasteiger partial charge in [-0.2, -0.15) is 10.2 Å². The van der Waals surface area contributed by atoms with Gasteiger partial charge in [0.1, 0.15) is 12.1 Å². The van der Waals surface area contributed by atoms with Crippen molar-refractivity contribution in [2.24, 2.45) is 0 Å². The molecular formula is C15H20N6. The molecule has 0 saturated carbocycles. The minimum Gasteiger partial charge on any atom is -0.356 e. The van der Waals surface area contributed by atoms with Crippen LogP contribution in [-0.2, 0) is 6.54 Å². The van der Waals surface area contributed by atoms with Crippen LogP contribution in [0.5, 0.6) is 0 Å². The first-order chi connectivity index (χ1) is 10.3. The van der Waals surface area contributed by atoms with E-state index < -0.39 is 0 Å². The Morgan fingerprint density at radius 3 is 2.71 bits per heavy atom. The number of rotatable bonds is 4. The lowest BCUT2D eigenvalue weighted by atomic mass is 10.0. The van der Waals surface area contributed by atoms with Gasteiger partial charge in [-0.05, 0) is 30.5 Å². The summed E-state index contributed by atoms with van der Waals surface area (Å²) in [6.07, 6.45) is 9.31. The van der Waals surface area contributed by atoms with E-state index in [-0.39, 0.29) is 0 Å². The predicted molar refractivity (Wildman–Crippen MR) is 80.8 cm³/mol. The molecule has 1 aliphatic rings. The van der Waals surface area contributed by atoms with Crippen LogP contribution in [0.4, 0.5) is 5.82 Å². The highest BCUT2D eigenvalue weighted by molar-refractivity contribution is 5.36. The largest absolute Gasteiger partial charge is 0.356 e. The summed E-state index contributed by atoms with van der Waals surface area (Å²) in [6.45, 7) is 3.16. The van der Waals surface area contributed by atoms with Crippen molar-refractivity contribution in [3.05, 3.63) is 42.6 Å². The number of likely N-dealkylation sites (tertiary alicyclic amines) is 1. The third-order valence-corrected chi connectivity index (χ3v) is 4.08. The minimum absolute atomic E-state index is 0.548. The molecule has 2 aromatic rings. The summed E-state index contributed by atoms with van der Waals surface area (Å²) in [5, 5.41) is 7.75. The number of hydrogen-bond donors (Lipinski definition) is 0. The summed E-state index contributed by atoms with van der Waals surface area (Å²) >= 11 is 0. The van der Waals surface area contributed by atoms with Gasteiger partial charge in [0.05, 0.1) is 6.20 Å². The molecule has 0 bridgehead atoms. The fourth-order valence-electron chi connectivity index (χ4n) is 2.81. The molecule has 0 aromatic carbocycles. The maximum atomic E-state index is 4.33. The van der Waals surface area contributed by atoms with Crippen molar-refractivity contribution >= 4 is 5.82 Å². The standard InChI is InChI=1S/C15H20N6/c1-20(15-3-6-16-12-17-15)14-4-8-21(9-5-14)11-13-2-7-18-19-10-13/h2-3,6-7,10,12,14H,4-5,8-9,11H2,1H3. The normalized spacial score (nSPS) is 16.8. The maximum absolute atomic E-state index is 4.33. The van der Waals surface area contributed by atoms with Gasteiger partial charge < -0.3 is 4.90 Å². The van der Waals surface area contributed by atoms with Crippen molar-refractivity contribution in [2.75, 3.05) is 25.0 Å². The second-order valence-corrected chi connectivity index (χ2v) is 5.44. The second kappa shape index (κ2) is 6.58. The predicted octanol–water partition coefficient (Wildman–Crippen LogP) is 1.37. The summed E-state index contributed by atoms with van der Waals surface area (Å²) < 4.78 is 0. The average Bonchev–Trinajstić information content (AvgIpc) is 2.57. The third kappa shape index (κ3) is 3.52. The Morgan fingerprint density at radius 1 is 1.19 bits per heavy atom. The highest BCUT2D eigenvalue weighted by Gasteiger charge is 2.23. The van der Waals surface area contributed by atoms with Crippen LogP contribution >= 0.6 is 0 Å². The highest BCUT2D eigenvalue weighted by atomic mass is 15.2. The summed E-state index contributed by atoms with van der Waals surface area (Å²) in [5.74, 6) is 1.00. The van der Waals surface area contributed by atoms with Gasteiger partial charge in [-0.3, -0.25) is 4.90 Å². The molecule has 3 rings (SSSR count). The van der Waals surface area contributed by atoms with Crippen molar-refractivity contribution in [3.63, 3.8) is 0 Å². The molecule has 3 heterocycles. The number of nitrogens with zero attached hydrogens (tertiary/aromatic N) is 6. The quantitative estimate of drug-likeness (QED) is 0.845. The topological polar surface area (TPSA) is 58.0 Å². The molecular weight excluding hydrogens is 264 g/mol. The molecule has 110 valence electrons. The van der Waals surface area contributed by atoms with E-state index in [0.29, 0.717) is 6.04 Å². The van der Waals surface area contributed by atoms with E-state index in [1.54, 1.807) is 18.7 Å². The first kappa shape index (κ1) is 13.9. The Hall–Kier alpha value is -2.08. The Balaban J connectivity index is 1.53. The van der Waals surface area contributed by atoms with E-state index in [0.717, 1.165) is 38.3 Å². The van der Waals surface area contributed by atoms with E-state index in [4.69, 9.17) is 0 Å². The summed E-state index contributed by atoms with van der Waals surface area (Å²) in [4.78, 5) is 13.0. The molecule has 0 unspecified atom stereocenters. The molecule has 0 aliphatic carbocycles. The zero-order valence-electron chi connectivity index (χ0n) is 12.3. The zero-order chi connectivity index (χ0) is 14.5. The SMILES string of the molecule is CN(c1ccncn1)C1CCN(Cc2ccnnc2)CC1. The molecule has 21 heavy (non-hydrogen) atoms. The summed E-state index contributed by atoms with van der Waals surface area (Å²) in [5.41, 5.74) is 1.23. The molecule has 0 atom stereocenters. The van der Waals surface area contributed by atoms with Crippen molar-refractivity contribution in [1.82, 2.24) is 25.1 Å². The van der Waals surface area contributed by atoms with Gasteiger partial charge in [0, 0.05) is 45.1 Å². The fraction of sp³-hybridized carbons (Fsp3) is 0.467. The number of piperidine rings is 1. The van der Waals surface area contributed by atoms with Crippen LogP contribution in [0.15, 0.2) is 37.1 Å². The molecule has 6 nitrogen and oxygen atoms in total. The second-order valence-electron chi connectivity index (χ2n) is 5.44. The Bertz CT molecular complexity index is 539. The van der Waals surface area contributed by atoms with Crippen LogP contribution in [0.2, 0.25) is 0 Å². The first-order valence-corrected chi connectivity index (χ1v) is 7.30. The van der Waals surface area contributed by atoms with Crippen LogP contribution in [0.1, 0.15) is 18.4 Å². The van der Waals surface area contributed by atoms with Crippen LogP contribution in [0, 0.1) is 0 Å². The lowest BCUT2D eigenvalue weighted by molar-refractivity contribution is 0.203. The van der Waals surface area contributed by atoms with Gasteiger partial charge in [0.25, 0.3) is 0 Å². The minimum atomic E-state index is 0.548. The van der Waals surface area contributed by atoms with Gasteiger partial charge in [-0.15, -0.1) is 0 Å². The first-order valence-electron chi connectivity index (χ1n) is 7.30. The molecule has 0 N–H and O–H groups in total. The molecule has 1 saturated heterocycles. The smallest absolute Gasteiger partial charge is 0.131 e. The number of hydrogen-bond acceptors (Lipinski definition) is 6. The average molecular weight is 284 g/mol. The van der Waals surface area contributed by atoms with Crippen molar-refractivity contribution < 1.29 is 0 Å². The Morgan fingerprint density at radius 2 is 2.05 bits per heavy atom.